The highest BCUT2D eigenvalue weighted by molar-refractivity contribution is 14.1. The maximum atomic E-state index is 11.6. The lowest BCUT2D eigenvalue weighted by Gasteiger charge is -2.02. The summed E-state index contributed by atoms with van der Waals surface area (Å²) >= 11 is 2.15. The standard InChI is InChI=1S/C6H10IN2OP/c1-9-4-8-6(5(9)7)11(2,3)10/h4H,1-3H3. The van der Waals surface area contributed by atoms with Gasteiger partial charge in [-0.05, 0) is 35.9 Å². The first-order valence-electron chi connectivity index (χ1n) is 3.15. The molecule has 0 saturated heterocycles. The maximum absolute atomic E-state index is 11.6. The van der Waals surface area contributed by atoms with E-state index in [-0.39, 0.29) is 0 Å². The zero-order valence-corrected chi connectivity index (χ0v) is 9.76. The Bertz CT molecular complexity index is 314. The molecular formula is C6H10IN2OP. The summed E-state index contributed by atoms with van der Waals surface area (Å²) in [5.41, 5.74) is 0.737. The molecule has 1 rings (SSSR count). The fourth-order valence-corrected chi connectivity index (χ4v) is 3.70. The van der Waals surface area contributed by atoms with Crippen LogP contribution in [0.5, 0.6) is 0 Å². The summed E-state index contributed by atoms with van der Waals surface area (Å²) in [5.74, 6) is 0. The molecule has 0 atom stereocenters. The topological polar surface area (TPSA) is 34.9 Å². The fraction of sp³-hybridized carbons (Fsp3) is 0.500. The molecule has 0 aliphatic carbocycles. The minimum atomic E-state index is -2.17. The van der Waals surface area contributed by atoms with Gasteiger partial charge in [-0.25, -0.2) is 4.98 Å². The van der Waals surface area contributed by atoms with Crippen molar-refractivity contribution in [3.05, 3.63) is 10.0 Å². The van der Waals surface area contributed by atoms with Crippen LogP contribution in [-0.2, 0) is 11.6 Å². The van der Waals surface area contributed by atoms with Crippen LogP contribution in [-0.4, -0.2) is 22.9 Å². The largest absolute Gasteiger partial charge is 0.329 e. The third-order valence-corrected chi connectivity index (χ3v) is 4.40. The summed E-state index contributed by atoms with van der Waals surface area (Å²) in [4.78, 5) is 4.08. The Balaban J connectivity index is 3.26. The zero-order chi connectivity index (χ0) is 8.65. The quantitative estimate of drug-likeness (QED) is 0.575. The normalized spacial score (nSPS) is 12.0. The first-order valence-corrected chi connectivity index (χ1v) is 6.83. The first-order chi connectivity index (χ1) is 4.93. The van der Waals surface area contributed by atoms with Crippen LogP contribution in [0.4, 0.5) is 0 Å². The Morgan fingerprint density at radius 3 is 2.36 bits per heavy atom. The van der Waals surface area contributed by atoms with Crippen LogP contribution in [0.15, 0.2) is 6.33 Å². The molecule has 0 radical (unpaired) electrons. The number of aromatic nitrogens is 2. The number of halogens is 1. The predicted octanol–water partition coefficient (Wildman–Crippen LogP) is 1.27. The highest BCUT2D eigenvalue weighted by Gasteiger charge is 2.18. The van der Waals surface area contributed by atoms with Crippen molar-refractivity contribution in [3.8, 4) is 0 Å². The second-order valence-electron chi connectivity index (χ2n) is 2.82. The van der Waals surface area contributed by atoms with E-state index >= 15 is 0 Å². The molecule has 0 spiro atoms. The molecule has 0 unspecified atom stereocenters. The van der Waals surface area contributed by atoms with E-state index in [2.05, 4.69) is 27.6 Å². The van der Waals surface area contributed by atoms with Gasteiger partial charge in [-0.2, -0.15) is 0 Å². The lowest BCUT2D eigenvalue weighted by Crippen LogP contribution is -2.08. The summed E-state index contributed by atoms with van der Waals surface area (Å²) in [6.07, 6.45) is 1.69. The van der Waals surface area contributed by atoms with E-state index < -0.39 is 7.14 Å². The van der Waals surface area contributed by atoms with Crippen molar-refractivity contribution in [1.82, 2.24) is 9.55 Å². The van der Waals surface area contributed by atoms with E-state index in [0.717, 1.165) is 9.14 Å². The average molecular weight is 284 g/mol. The Morgan fingerprint density at radius 2 is 2.18 bits per heavy atom. The number of nitrogens with zero attached hydrogens (tertiary/aromatic N) is 2. The summed E-state index contributed by atoms with van der Waals surface area (Å²) in [6.45, 7) is 3.47. The molecule has 3 nitrogen and oxygen atoms in total. The number of rotatable bonds is 1. The van der Waals surface area contributed by atoms with Gasteiger partial charge in [0.15, 0.2) is 0 Å². The number of hydrogen-bond donors (Lipinski definition) is 0. The van der Waals surface area contributed by atoms with Crippen molar-refractivity contribution in [2.45, 2.75) is 0 Å². The van der Waals surface area contributed by atoms with E-state index in [0.29, 0.717) is 0 Å². The highest BCUT2D eigenvalue weighted by atomic mass is 127. The van der Waals surface area contributed by atoms with Gasteiger partial charge >= 0.3 is 0 Å². The van der Waals surface area contributed by atoms with Crippen LogP contribution < -0.4 is 5.44 Å². The molecule has 1 aromatic heterocycles. The predicted molar refractivity (Wildman–Crippen MR) is 55.0 cm³/mol. The lowest BCUT2D eigenvalue weighted by molar-refractivity contribution is 0.587. The SMILES string of the molecule is Cn1cnc(P(C)(C)=O)c1I. The van der Waals surface area contributed by atoms with Crippen molar-refractivity contribution in [2.24, 2.45) is 7.05 Å². The molecule has 0 N–H and O–H groups in total. The van der Waals surface area contributed by atoms with Crippen LogP contribution in [0.3, 0.4) is 0 Å². The molecule has 62 valence electrons. The Labute approximate surface area is 79.7 Å². The number of hydrogen-bond acceptors (Lipinski definition) is 2. The fourth-order valence-electron chi connectivity index (χ4n) is 0.764. The Morgan fingerprint density at radius 1 is 1.64 bits per heavy atom. The van der Waals surface area contributed by atoms with Crippen LogP contribution in [0.2, 0.25) is 0 Å². The molecule has 0 fully saturated rings. The Kier molecular flexibility index (Phi) is 2.44. The van der Waals surface area contributed by atoms with Crippen molar-refractivity contribution in [3.63, 3.8) is 0 Å². The summed E-state index contributed by atoms with van der Waals surface area (Å²) in [7, 11) is -0.278. The van der Waals surface area contributed by atoms with Crippen molar-refractivity contribution in [1.29, 1.82) is 0 Å². The van der Waals surface area contributed by atoms with Gasteiger partial charge in [0.1, 0.15) is 16.3 Å². The van der Waals surface area contributed by atoms with Crippen LogP contribution in [0.1, 0.15) is 0 Å². The molecular weight excluding hydrogens is 274 g/mol. The molecule has 1 heterocycles. The Hall–Kier alpha value is 0.170. The molecule has 5 heteroatoms. The summed E-state index contributed by atoms with van der Waals surface area (Å²) < 4.78 is 14.4. The van der Waals surface area contributed by atoms with Crippen molar-refractivity contribution < 1.29 is 4.57 Å². The van der Waals surface area contributed by atoms with E-state index in [1.54, 1.807) is 19.7 Å². The van der Waals surface area contributed by atoms with E-state index in [9.17, 15) is 4.57 Å². The van der Waals surface area contributed by atoms with Crippen LogP contribution in [0, 0.1) is 3.70 Å². The van der Waals surface area contributed by atoms with Gasteiger partial charge in [-0.1, -0.05) is 0 Å². The molecule has 11 heavy (non-hydrogen) atoms. The summed E-state index contributed by atoms with van der Waals surface area (Å²) in [5, 5.41) is 0. The zero-order valence-electron chi connectivity index (χ0n) is 6.71. The number of aryl methyl sites for hydroxylation is 1. The van der Waals surface area contributed by atoms with Gasteiger partial charge in [0.05, 0.1) is 6.33 Å². The molecule has 0 bridgehead atoms. The van der Waals surface area contributed by atoms with Crippen LogP contribution in [0.25, 0.3) is 0 Å². The average Bonchev–Trinajstić information content (AvgIpc) is 2.11. The van der Waals surface area contributed by atoms with Gasteiger partial charge in [0, 0.05) is 7.05 Å². The second-order valence-corrected chi connectivity index (χ2v) is 6.97. The third kappa shape index (κ3) is 1.85. The van der Waals surface area contributed by atoms with Gasteiger partial charge in [0.25, 0.3) is 0 Å². The van der Waals surface area contributed by atoms with Crippen molar-refractivity contribution in [2.75, 3.05) is 13.3 Å². The maximum Gasteiger partial charge on any atom is 0.131 e. The molecule has 0 aliphatic heterocycles. The lowest BCUT2D eigenvalue weighted by atomic mass is 10.9. The molecule has 0 amide bonds. The second kappa shape index (κ2) is 2.90. The number of imidazole rings is 1. The monoisotopic (exact) mass is 284 g/mol. The minimum absolute atomic E-state index is 0.737. The molecule has 1 aromatic rings. The third-order valence-electron chi connectivity index (χ3n) is 1.36. The van der Waals surface area contributed by atoms with Crippen LogP contribution >= 0.6 is 29.7 Å². The first kappa shape index (κ1) is 9.26. The van der Waals surface area contributed by atoms with Gasteiger partial charge in [-0.3, -0.25) is 0 Å². The molecule has 0 aliphatic rings. The van der Waals surface area contributed by atoms with Gasteiger partial charge < -0.3 is 9.13 Å². The highest BCUT2D eigenvalue weighted by Crippen LogP contribution is 2.35. The van der Waals surface area contributed by atoms with Gasteiger partial charge in [0.2, 0.25) is 0 Å². The molecule has 0 saturated carbocycles. The van der Waals surface area contributed by atoms with Crippen molar-refractivity contribution >= 4 is 35.2 Å². The molecule has 0 aromatic carbocycles. The van der Waals surface area contributed by atoms with E-state index in [1.807, 2.05) is 11.6 Å². The summed E-state index contributed by atoms with van der Waals surface area (Å²) in [6, 6.07) is 0. The minimum Gasteiger partial charge on any atom is -0.329 e. The van der Waals surface area contributed by atoms with Gasteiger partial charge in [-0.15, -0.1) is 0 Å². The van der Waals surface area contributed by atoms with E-state index in [1.165, 1.54) is 0 Å². The van der Waals surface area contributed by atoms with E-state index in [4.69, 9.17) is 0 Å². The smallest absolute Gasteiger partial charge is 0.131 e.